The SMILES string of the molecule is O=C1CCC(N2Cc3cc(Br)cc(C(F)(F)F)c3C2=O)C(=O)N1. The zero-order chi connectivity index (χ0) is 16.9. The van der Waals surface area contributed by atoms with Crippen molar-refractivity contribution in [1.82, 2.24) is 10.2 Å². The van der Waals surface area contributed by atoms with Crippen molar-refractivity contribution in [3.05, 3.63) is 33.3 Å². The zero-order valence-corrected chi connectivity index (χ0v) is 13.1. The third-order valence-electron chi connectivity index (χ3n) is 3.89. The third kappa shape index (κ3) is 2.73. The molecule has 0 saturated carbocycles. The summed E-state index contributed by atoms with van der Waals surface area (Å²) >= 11 is 3.01. The number of piperidine rings is 1. The second kappa shape index (κ2) is 5.33. The summed E-state index contributed by atoms with van der Waals surface area (Å²) < 4.78 is 39.7. The summed E-state index contributed by atoms with van der Waals surface area (Å²) in [6, 6.07) is 1.35. The van der Waals surface area contributed by atoms with Crippen LogP contribution in [0.3, 0.4) is 0 Å². The fourth-order valence-electron chi connectivity index (χ4n) is 2.89. The highest BCUT2D eigenvalue weighted by atomic mass is 79.9. The number of hydrogen-bond donors (Lipinski definition) is 1. The molecule has 23 heavy (non-hydrogen) atoms. The molecular formula is C14H10BrF3N2O3. The predicted octanol–water partition coefficient (Wildman–Crippen LogP) is 2.23. The molecule has 0 aromatic heterocycles. The number of carbonyl (C=O) groups excluding carboxylic acids is 3. The monoisotopic (exact) mass is 390 g/mol. The molecule has 0 spiro atoms. The maximum atomic E-state index is 13.2. The van der Waals surface area contributed by atoms with Crippen molar-refractivity contribution in [2.45, 2.75) is 31.6 Å². The van der Waals surface area contributed by atoms with E-state index in [1.54, 1.807) is 0 Å². The first-order valence-electron chi connectivity index (χ1n) is 6.73. The topological polar surface area (TPSA) is 66.5 Å². The quantitative estimate of drug-likeness (QED) is 0.747. The van der Waals surface area contributed by atoms with E-state index in [2.05, 4.69) is 21.2 Å². The first-order valence-corrected chi connectivity index (χ1v) is 7.52. The van der Waals surface area contributed by atoms with Gasteiger partial charge in [0.15, 0.2) is 0 Å². The van der Waals surface area contributed by atoms with Gasteiger partial charge in [-0.25, -0.2) is 0 Å². The molecule has 122 valence electrons. The van der Waals surface area contributed by atoms with Crippen molar-refractivity contribution < 1.29 is 27.6 Å². The Kier molecular flexibility index (Phi) is 3.70. The molecule has 5 nitrogen and oxygen atoms in total. The second-order valence-electron chi connectivity index (χ2n) is 5.39. The van der Waals surface area contributed by atoms with Gasteiger partial charge in [-0.3, -0.25) is 19.7 Å². The van der Waals surface area contributed by atoms with E-state index < -0.39 is 41.1 Å². The van der Waals surface area contributed by atoms with E-state index >= 15 is 0 Å². The Labute approximate surface area is 136 Å². The smallest absolute Gasteiger partial charge is 0.322 e. The Balaban J connectivity index is 2.00. The number of amides is 3. The van der Waals surface area contributed by atoms with E-state index in [0.29, 0.717) is 0 Å². The molecule has 1 unspecified atom stereocenters. The summed E-state index contributed by atoms with van der Waals surface area (Å²) in [4.78, 5) is 36.6. The Morgan fingerprint density at radius 1 is 1.22 bits per heavy atom. The minimum atomic E-state index is -4.68. The van der Waals surface area contributed by atoms with Gasteiger partial charge in [0.05, 0.1) is 11.1 Å². The van der Waals surface area contributed by atoms with Gasteiger partial charge in [-0.2, -0.15) is 13.2 Å². The fraction of sp³-hybridized carbons (Fsp3) is 0.357. The molecule has 9 heteroatoms. The molecule has 2 aliphatic heterocycles. The van der Waals surface area contributed by atoms with Gasteiger partial charge in [0.25, 0.3) is 5.91 Å². The zero-order valence-electron chi connectivity index (χ0n) is 11.5. The maximum Gasteiger partial charge on any atom is 0.417 e. The Morgan fingerprint density at radius 3 is 2.52 bits per heavy atom. The Hall–Kier alpha value is -1.90. The van der Waals surface area contributed by atoms with E-state index in [-0.39, 0.29) is 29.4 Å². The molecule has 0 bridgehead atoms. The van der Waals surface area contributed by atoms with Crippen LogP contribution >= 0.6 is 15.9 Å². The van der Waals surface area contributed by atoms with E-state index in [4.69, 9.17) is 0 Å². The van der Waals surface area contributed by atoms with E-state index in [1.807, 2.05) is 0 Å². The van der Waals surface area contributed by atoms with Gasteiger partial charge in [-0.15, -0.1) is 0 Å². The van der Waals surface area contributed by atoms with E-state index in [9.17, 15) is 27.6 Å². The number of carbonyl (C=O) groups is 3. The summed E-state index contributed by atoms with van der Waals surface area (Å²) in [6.07, 6.45) is -4.52. The highest BCUT2D eigenvalue weighted by Gasteiger charge is 2.44. The molecule has 0 radical (unpaired) electrons. The highest BCUT2D eigenvalue weighted by molar-refractivity contribution is 9.10. The van der Waals surface area contributed by atoms with Gasteiger partial charge in [0, 0.05) is 17.4 Å². The number of nitrogens with zero attached hydrogens (tertiary/aromatic N) is 1. The highest BCUT2D eigenvalue weighted by Crippen LogP contribution is 2.40. The average molecular weight is 391 g/mol. The fourth-order valence-corrected chi connectivity index (χ4v) is 3.40. The predicted molar refractivity (Wildman–Crippen MR) is 75.2 cm³/mol. The van der Waals surface area contributed by atoms with Gasteiger partial charge >= 0.3 is 6.18 Å². The molecule has 0 aliphatic carbocycles. The lowest BCUT2D eigenvalue weighted by Crippen LogP contribution is -2.52. The van der Waals surface area contributed by atoms with Crippen molar-refractivity contribution in [2.75, 3.05) is 0 Å². The molecule has 1 fully saturated rings. The molecule has 1 aromatic rings. The summed E-state index contributed by atoms with van der Waals surface area (Å²) in [6.45, 7) is -0.0943. The summed E-state index contributed by atoms with van der Waals surface area (Å²) in [7, 11) is 0. The molecule has 2 aliphatic rings. The first-order chi connectivity index (χ1) is 10.7. The van der Waals surface area contributed by atoms with Crippen molar-refractivity contribution in [3.63, 3.8) is 0 Å². The molecule has 1 aromatic carbocycles. The lowest BCUT2D eigenvalue weighted by Gasteiger charge is -2.29. The standard InChI is InChI=1S/C14H10BrF3N2O3/c15-7-3-6-5-20(9-1-2-10(21)19-12(9)22)13(23)11(6)8(4-7)14(16,17)18/h3-4,9H,1-2,5H2,(H,19,21,22). The number of rotatable bonds is 1. The molecule has 3 rings (SSSR count). The lowest BCUT2D eigenvalue weighted by atomic mass is 10.0. The summed E-state index contributed by atoms with van der Waals surface area (Å²) in [5.74, 6) is -1.95. The number of fused-ring (bicyclic) bond motifs is 1. The number of halogens is 4. The van der Waals surface area contributed by atoms with Crippen LogP contribution in [0.2, 0.25) is 0 Å². The minimum Gasteiger partial charge on any atom is -0.322 e. The largest absolute Gasteiger partial charge is 0.417 e. The van der Waals surface area contributed by atoms with Gasteiger partial charge in [-0.05, 0) is 24.1 Å². The molecule has 3 amide bonds. The molecular weight excluding hydrogens is 381 g/mol. The van der Waals surface area contributed by atoms with Crippen LogP contribution in [0.4, 0.5) is 13.2 Å². The second-order valence-corrected chi connectivity index (χ2v) is 6.30. The normalized spacial score (nSPS) is 21.5. The lowest BCUT2D eigenvalue weighted by molar-refractivity contribution is -0.138. The van der Waals surface area contributed by atoms with Crippen molar-refractivity contribution in [3.8, 4) is 0 Å². The first kappa shape index (κ1) is 16.0. The van der Waals surface area contributed by atoms with Crippen LogP contribution in [0.1, 0.15) is 34.3 Å². The van der Waals surface area contributed by atoms with Crippen molar-refractivity contribution >= 4 is 33.7 Å². The van der Waals surface area contributed by atoms with E-state index in [0.717, 1.165) is 11.0 Å². The van der Waals surface area contributed by atoms with Crippen molar-refractivity contribution in [1.29, 1.82) is 0 Å². The number of hydrogen-bond acceptors (Lipinski definition) is 3. The van der Waals surface area contributed by atoms with Gasteiger partial charge in [0.1, 0.15) is 6.04 Å². The summed E-state index contributed by atoms with van der Waals surface area (Å²) in [5.41, 5.74) is -1.24. The van der Waals surface area contributed by atoms with Crippen LogP contribution < -0.4 is 5.32 Å². The van der Waals surface area contributed by atoms with Crippen LogP contribution in [-0.2, 0) is 22.3 Å². The average Bonchev–Trinajstić information content (AvgIpc) is 2.74. The number of imide groups is 1. The summed E-state index contributed by atoms with van der Waals surface area (Å²) in [5, 5.41) is 2.11. The maximum absolute atomic E-state index is 13.2. The van der Waals surface area contributed by atoms with Gasteiger partial charge in [-0.1, -0.05) is 15.9 Å². The third-order valence-corrected chi connectivity index (χ3v) is 4.35. The Morgan fingerprint density at radius 2 is 1.91 bits per heavy atom. The molecule has 1 N–H and O–H groups in total. The van der Waals surface area contributed by atoms with Gasteiger partial charge < -0.3 is 4.90 Å². The van der Waals surface area contributed by atoms with E-state index in [1.165, 1.54) is 6.07 Å². The van der Waals surface area contributed by atoms with Crippen molar-refractivity contribution in [2.24, 2.45) is 0 Å². The molecule has 1 atom stereocenters. The van der Waals surface area contributed by atoms with Crippen LogP contribution in [0, 0.1) is 0 Å². The Bertz CT molecular complexity index is 733. The van der Waals surface area contributed by atoms with Crippen LogP contribution in [0.25, 0.3) is 0 Å². The number of nitrogens with one attached hydrogen (secondary N) is 1. The number of benzene rings is 1. The van der Waals surface area contributed by atoms with Gasteiger partial charge in [0.2, 0.25) is 11.8 Å². The number of alkyl halides is 3. The van der Waals surface area contributed by atoms with Crippen LogP contribution in [0.5, 0.6) is 0 Å². The molecule has 2 heterocycles. The molecule has 1 saturated heterocycles. The minimum absolute atomic E-state index is 0.0480. The van der Waals surface area contributed by atoms with Crippen LogP contribution in [-0.4, -0.2) is 28.7 Å². The van der Waals surface area contributed by atoms with Crippen LogP contribution in [0.15, 0.2) is 16.6 Å².